The van der Waals surface area contributed by atoms with Crippen LogP contribution in [0.25, 0.3) is 0 Å². The Kier molecular flexibility index (Phi) is 4.90. The largest absolute Gasteiger partial charge is 0.369 e. The van der Waals surface area contributed by atoms with E-state index in [4.69, 9.17) is 4.74 Å². The molecule has 0 spiro atoms. The van der Waals surface area contributed by atoms with Crippen molar-refractivity contribution in [3.8, 4) is 0 Å². The van der Waals surface area contributed by atoms with Crippen LogP contribution in [0.4, 0.5) is 0 Å². The fourth-order valence-electron chi connectivity index (χ4n) is 1.97. The third-order valence-electron chi connectivity index (χ3n) is 3.20. The highest BCUT2D eigenvalue weighted by Gasteiger charge is 2.30. The lowest BCUT2D eigenvalue weighted by Crippen LogP contribution is -2.51. The van der Waals surface area contributed by atoms with Gasteiger partial charge in [-0.25, -0.2) is 0 Å². The fraction of sp³-hybridized carbons (Fsp3) is 1.00. The zero-order chi connectivity index (χ0) is 10.4. The van der Waals surface area contributed by atoms with Crippen LogP contribution in [-0.4, -0.2) is 24.8 Å². The molecule has 1 aliphatic rings. The Labute approximate surface area is 88.4 Å². The van der Waals surface area contributed by atoms with Gasteiger partial charge in [0.25, 0.3) is 0 Å². The molecule has 1 N–H and O–H groups in total. The number of unbranched alkanes of at least 4 members (excludes halogenated alkanes) is 2. The molecule has 0 aromatic heterocycles. The summed E-state index contributed by atoms with van der Waals surface area (Å²) in [5.41, 5.74) is 0.0785. The van der Waals surface area contributed by atoms with Crippen LogP contribution in [0.5, 0.6) is 0 Å². The molecule has 84 valence electrons. The van der Waals surface area contributed by atoms with Crippen molar-refractivity contribution in [3.63, 3.8) is 0 Å². The molecule has 1 rings (SSSR count). The summed E-state index contributed by atoms with van der Waals surface area (Å²) in [6, 6.07) is 0. The van der Waals surface area contributed by atoms with Crippen LogP contribution in [0, 0.1) is 0 Å². The first-order chi connectivity index (χ1) is 6.70. The van der Waals surface area contributed by atoms with Crippen LogP contribution in [0.2, 0.25) is 0 Å². The van der Waals surface area contributed by atoms with Gasteiger partial charge in [0.05, 0.1) is 11.7 Å². The summed E-state index contributed by atoms with van der Waals surface area (Å²) in [5, 5.41) is 3.48. The van der Waals surface area contributed by atoms with Crippen molar-refractivity contribution in [1.29, 1.82) is 0 Å². The lowest BCUT2D eigenvalue weighted by atomic mass is 9.99. The Morgan fingerprint density at radius 1 is 1.36 bits per heavy atom. The second-order valence-corrected chi connectivity index (χ2v) is 4.67. The Hall–Kier alpha value is -0.0800. The highest BCUT2D eigenvalue weighted by atomic mass is 16.5. The van der Waals surface area contributed by atoms with E-state index < -0.39 is 0 Å². The molecule has 0 bridgehead atoms. The van der Waals surface area contributed by atoms with Crippen molar-refractivity contribution in [2.24, 2.45) is 0 Å². The van der Waals surface area contributed by atoms with Crippen LogP contribution in [0.3, 0.4) is 0 Å². The zero-order valence-corrected chi connectivity index (χ0v) is 9.94. The second-order valence-electron chi connectivity index (χ2n) is 4.67. The van der Waals surface area contributed by atoms with E-state index in [9.17, 15) is 0 Å². The van der Waals surface area contributed by atoms with Crippen LogP contribution in [-0.2, 0) is 4.74 Å². The van der Waals surface area contributed by atoms with E-state index in [1.807, 2.05) is 0 Å². The SMILES string of the molecule is CCCCCC1CNCC(C)(CC)O1. The molecule has 2 nitrogen and oxygen atoms in total. The molecule has 2 unspecified atom stereocenters. The van der Waals surface area contributed by atoms with Crippen molar-refractivity contribution in [2.45, 2.75) is 64.6 Å². The number of rotatable bonds is 5. The van der Waals surface area contributed by atoms with Gasteiger partial charge in [-0.2, -0.15) is 0 Å². The number of hydrogen-bond donors (Lipinski definition) is 1. The van der Waals surface area contributed by atoms with Crippen LogP contribution in [0.15, 0.2) is 0 Å². The molecule has 0 radical (unpaired) electrons. The van der Waals surface area contributed by atoms with Crippen molar-refractivity contribution >= 4 is 0 Å². The van der Waals surface area contributed by atoms with E-state index in [-0.39, 0.29) is 5.60 Å². The Morgan fingerprint density at radius 2 is 2.14 bits per heavy atom. The number of hydrogen-bond acceptors (Lipinski definition) is 2. The van der Waals surface area contributed by atoms with E-state index in [1.54, 1.807) is 0 Å². The number of morpholine rings is 1. The molecule has 1 fully saturated rings. The van der Waals surface area contributed by atoms with Gasteiger partial charge in [0.15, 0.2) is 0 Å². The summed E-state index contributed by atoms with van der Waals surface area (Å²) in [5.74, 6) is 0. The monoisotopic (exact) mass is 199 g/mol. The maximum atomic E-state index is 6.11. The van der Waals surface area contributed by atoms with Crippen LogP contribution < -0.4 is 5.32 Å². The molecule has 0 aliphatic carbocycles. The predicted molar refractivity (Wildman–Crippen MR) is 60.6 cm³/mol. The van der Waals surface area contributed by atoms with Gasteiger partial charge >= 0.3 is 0 Å². The molecule has 2 heteroatoms. The van der Waals surface area contributed by atoms with Crippen LogP contribution in [0.1, 0.15) is 52.9 Å². The van der Waals surface area contributed by atoms with Gasteiger partial charge in [0.2, 0.25) is 0 Å². The molecule has 14 heavy (non-hydrogen) atoms. The van der Waals surface area contributed by atoms with Gasteiger partial charge < -0.3 is 10.1 Å². The maximum absolute atomic E-state index is 6.11. The quantitative estimate of drug-likeness (QED) is 0.687. The molecule has 0 saturated carbocycles. The minimum Gasteiger partial charge on any atom is -0.369 e. The van der Waals surface area contributed by atoms with E-state index >= 15 is 0 Å². The molecule has 1 saturated heterocycles. The summed E-state index contributed by atoms with van der Waals surface area (Å²) in [7, 11) is 0. The second kappa shape index (κ2) is 5.72. The van der Waals surface area contributed by atoms with Crippen molar-refractivity contribution in [1.82, 2.24) is 5.32 Å². The Balaban J connectivity index is 2.25. The topological polar surface area (TPSA) is 21.3 Å². The van der Waals surface area contributed by atoms with E-state index in [2.05, 4.69) is 26.1 Å². The van der Waals surface area contributed by atoms with E-state index in [0.29, 0.717) is 6.10 Å². The first-order valence-corrected chi connectivity index (χ1v) is 6.08. The first kappa shape index (κ1) is 12.0. The van der Waals surface area contributed by atoms with Gasteiger partial charge in [-0.3, -0.25) is 0 Å². The van der Waals surface area contributed by atoms with Gasteiger partial charge in [-0.05, 0) is 19.8 Å². The fourth-order valence-corrected chi connectivity index (χ4v) is 1.97. The summed E-state index contributed by atoms with van der Waals surface area (Å²) in [6.07, 6.45) is 6.71. The first-order valence-electron chi connectivity index (χ1n) is 6.08. The Morgan fingerprint density at radius 3 is 2.79 bits per heavy atom. The highest BCUT2D eigenvalue weighted by Crippen LogP contribution is 2.22. The van der Waals surface area contributed by atoms with Gasteiger partial charge in [-0.1, -0.05) is 33.1 Å². The van der Waals surface area contributed by atoms with Gasteiger partial charge in [-0.15, -0.1) is 0 Å². The summed E-state index contributed by atoms with van der Waals surface area (Å²) < 4.78 is 6.11. The zero-order valence-electron chi connectivity index (χ0n) is 9.94. The van der Waals surface area contributed by atoms with E-state index in [1.165, 1.54) is 25.7 Å². The average Bonchev–Trinajstić information content (AvgIpc) is 2.19. The van der Waals surface area contributed by atoms with Gasteiger partial charge in [0, 0.05) is 13.1 Å². The molecular weight excluding hydrogens is 174 g/mol. The smallest absolute Gasteiger partial charge is 0.0780 e. The normalized spacial score (nSPS) is 33.2. The summed E-state index contributed by atoms with van der Waals surface area (Å²) in [6.45, 7) is 8.71. The Bertz CT molecular complexity index is 160. The highest BCUT2D eigenvalue weighted by molar-refractivity contribution is 4.84. The molecule has 0 amide bonds. The van der Waals surface area contributed by atoms with Crippen molar-refractivity contribution in [2.75, 3.05) is 13.1 Å². The molecular formula is C12H25NO. The minimum absolute atomic E-state index is 0.0785. The lowest BCUT2D eigenvalue weighted by Gasteiger charge is -2.38. The summed E-state index contributed by atoms with van der Waals surface area (Å²) in [4.78, 5) is 0. The molecule has 0 aromatic rings. The van der Waals surface area contributed by atoms with Crippen molar-refractivity contribution < 1.29 is 4.74 Å². The summed E-state index contributed by atoms with van der Waals surface area (Å²) >= 11 is 0. The lowest BCUT2D eigenvalue weighted by molar-refractivity contribution is -0.109. The van der Waals surface area contributed by atoms with Crippen LogP contribution >= 0.6 is 0 Å². The molecule has 2 atom stereocenters. The molecule has 0 aromatic carbocycles. The van der Waals surface area contributed by atoms with Gasteiger partial charge in [0.1, 0.15) is 0 Å². The standard InChI is InChI=1S/C12H25NO/c1-4-6-7-8-11-9-13-10-12(3,5-2)14-11/h11,13H,4-10H2,1-3H3. The van der Waals surface area contributed by atoms with Crippen molar-refractivity contribution in [3.05, 3.63) is 0 Å². The molecule has 1 aliphatic heterocycles. The van der Waals surface area contributed by atoms with E-state index in [0.717, 1.165) is 19.5 Å². The maximum Gasteiger partial charge on any atom is 0.0780 e. The third-order valence-corrected chi connectivity index (χ3v) is 3.20. The predicted octanol–water partition coefficient (Wildman–Crippen LogP) is 2.72. The molecule has 1 heterocycles. The number of nitrogens with one attached hydrogen (secondary N) is 1. The minimum atomic E-state index is 0.0785. The number of ether oxygens (including phenoxy) is 1. The average molecular weight is 199 g/mol. The third kappa shape index (κ3) is 3.58.